The number of esters is 1. The standard InChI is InChI=1S/C18H23ClN2O6/c1-18(2,3)20-14(22)9-21(4)15(23)10-27-17(24)11-7-12(19)16-13(8-11)25-5-6-26-16/h7-8H,5-6,9-10H2,1-4H3,(H,20,22). The zero-order chi connectivity index (χ0) is 20.2. The van der Waals surface area contributed by atoms with E-state index in [0.717, 1.165) is 0 Å². The van der Waals surface area contributed by atoms with Gasteiger partial charge < -0.3 is 24.4 Å². The molecule has 148 valence electrons. The lowest BCUT2D eigenvalue weighted by molar-refractivity contribution is -0.137. The van der Waals surface area contributed by atoms with E-state index in [4.69, 9.17) is 25.8 Å². The van der Waals surface area contributed by atoms with E-state index in [9.17, 15) is 14.4 Å². The monoisotopic (exact) mass is 398 g/mol. The van der Waals surface area contributed by atoms with E-state index in [1.807, 2.05) is 20.8 Å². The van der Waals surface area contributed by atoms with E-state index >= 15 is 0 Å². The summed E-state index contributed by atoms with van der Waals surface area (Å²) >= 11 is 6.08. The number of carbonyl (C=O) groups is 3. The number of hydrogen-bond donors (Lipinski definition) is 1. The van der Waals surface area contributed by atoms with Crippen molar-refractivity contribution in [3.05, 3.63) is 22.7 Å². The van der Waals surface area contributed by atoms with Crippen LogP contribution in [0.3, 0.4) is 0 Å². The van der Waals surface area contributed by atoms with Gasteiger partial charge in [-0.05, 0) is 32.9 Å². The molecule has 1 N–H and O–H groups in total. The topological polar surface area (TPSA) is 94.2 Å². The number of nitrogens with zero attached hydrogens (tertiary/aromatic N) is 1. The van der Waals surface area contributed by atoms with Gasteiger partial charge in [-0.3, -0.25) is 9.59 Å². The van der Waals surface area contributed by atoms with E-state index in [-0.39, 0.29) is 23.0 Å². The molecule has 8 nitrogen and oxygen atoms in total. The van der Waals surface area contributed by atoms with Crippen LogP contribution in [0.4, 0.5) is 0 Å². The Labute approximate surface area is 162 Å². The Hall–Kier alpha value is -2.48. The number of rotatable bonds is 5. The number of halogens is 1. The maximum atomic E-state index is 12.2. The van der Waals surface area contributed by atoms with Crippen molar-refractivity contribution in [2.75, 3.05) is 33.4 Å². The Kier molecular flexibility index (Phi) is 6.54. The molecule has 27 heavy (non-hydrogen) atoms. The highest BCUT2D eigenvalue weighted by molar-refractivity contribution is 6.32. The first-order valence-electron chi connectivity index (χ1n) is 8.38. The van der Waals surface area contributed by atoms with Crippen molar-refractivity contribution in [2.45, 2.75) is 26.3 Å². The molecular weight excluding hydrogens is 376 g/mol. The van der Waals surface area contributed by atoms with Crippen molar-refractivity contribution < 1.29 is 28.6 Å². The first-order chi connectivity index (χ1) is 12.6. The van der Waals surface area contributed by atoms with E-state index in [2.05, 4.69) is 5.32 Å². The van der Waals surface area contributed by atoms with E-state index in [0.29, 0.717) is 24.7 Å². The van der Waals surface area contributed by atoms with Crippen LogP contribution in [0.15, 0.2) is 12.1 Å². The van der Waals surface area contributed by atoms with Crippen LogP contribution in [0, 0.1) is 0 Å². The van der Waals surface area contributed by atoms with Gasteiger partial charge in [0.25, 0.3) is 5.91 Å². The van der Waals surface area contributed by atoms with E-state index in [1.54, 1.807) is 0 Å². The van der Waals surface area contributed by atoms with Gasteiger partial charge in [0, 0.05) is 12.6 Å². The molecule has 1 aromatic rings. The first-order valence-corrected chi connectivity index (χ1v) is 8.76. The molecule has 0 atom stereocenters. The summed E-state index contributed by atoms with van der Waals surface area (Å²) in [5, 5.41) is 2.97. The van der Waals surface area contributed by atoms with Crippen molar-refractivity contribution in [3.63, 3.8) is 0 Å². The second kappa shape index (κ2) is 8.47. The maximum absolute atomic E-state index is 12.2. The van der Waals surface area contributed by atoms with Crippen molar-refractivity contribution in [1.82, 2.24) is 10.2 Å². The third kappa shape index (κ3) is 6.02. The second-order valence-corrected chi connectivity index (χ2v) is 7.51. The lowest BCUT2D eigenvalue weighted by Crippen LogP contribution is -2.46. The van der Waals surface area contributed by atoms with Gasteiger partial charge >= 0.3 is 5.97 Å². The summed E-state index contributed by atoms with van der Waals surface area (Å²) in [6.07, 6.45) is 0. The summed E-state index contributed by atoms with van der Waals surface area (Å²) in [5.41, 5.74) is -0.254. The number of fused-ring (bicyclic) bond motifs is 1. The van der Waals surface area contributed by atoms with Gasteiger partial charge in [0.05, 0.1) is 17.1 Å². The molecule has 1 aliphatic rings. The Bertz CT molecular complexity index is 744. The summed E-state index contributed by atoms with van der Waals surface area (Å²) in [7, 11) is 1.46. The SMILES string of the molecule is CN(CC(=O)NC(C)(C)C)C(=O)COC(=O)c1cc(Cl)c2c(c1)OCCO2. The molecule has 0 aliphatic carbocycles. The van der Waals surface area contributed by atoms with Crippen molar-refractivity contribution >= 4 is 29.4 Å². The smallest absolute Gasteiger partial charge is 0.338 e. The van der Waals surface area contributed by atoms with Gasteiger partial charge in [-0.1, -0.05) is 11.6 Å². The Morgan fingerprint density at radius 1 is 1.22 bits per heavy atom. The lowest BCUT2D eigenvalue weighted by atomic mass is 10.1. The van der Waals surface area contributed by atoms with Gasteiger partial charge in [-0.25, -0.2) is 4.79 Å². The summed E-state index contributed by atoms with van der Waals surface area (Å²) < 4.78 is 15.8. The Balaban J connectivity index is 1.90. The molecule has 0 aromatic heterocycles. The van der Waals surface area contributed by atoms with Gasteiger partial charge in [0.15, 0.2) is 18.1 Å². The Morgan fingerprint density at radius 2 is 1.89 bits per heavy atom. The highest BCUT2D eigenvalue weighted by Gasteiger charge is 2.22. The van der Waals surface area contributed by atoms with Crippen molar-refractivity contribution in [3.8, 4) is 11.5 Å². The maximum Gasteiger partial charge on any atom is 0.338 e. The van der Waals surface area contributed by atoms with Crippen LogP contribution in [0.25, 0.3) is 0 Å². The molecule has 0 unspecified atom stereocenters. The normalized spacial score (nSPS) is 12.9. The molecule has 0 radical (unpaired) electrons. The van der Waals surface area contributed by atoms with Crippen LogP contribution in [0.1, 0.15) is 31.1 Å². The summed E-state index contributed by atoms with van der Waals surface area (Å²) in [6, 6.07) is 2.84. The largest absolute Gasteiger partial charge is 0.486 e. The van der Waals surface area contributed by atoms with Gasteiger partial charge in [0.1, 0.15) is 13.2 Å². The van der Waals surface area contributed by atoms with Gasteiger partial charge in [-0.15, -0.1) is 0 Å². The van der Waals surface area contributed by atoms with Crippen molar-refractivity contribution in [2.24, 2.45) is 0 Å². The quantitative estimate of drug-likeness (QED) is 0.758. The highest BCUT2D eigenvalue weighted by Crippen LogP contribution is 2.38. The molecule has 0 spiro atoms. The molecule has 2 amide bonds. The van der Waals surface area contributed by atoms with Gasteiger partial charge in [-0.2, -0.15) is 0 Å². The number of amides is 2. The number of nitrogens with one attached hydrogen (secondary N) is 1. The number of benzene rings is 1. The molecule has 1 aromatic carbocycles. The van der Waals surface area contributed by atoms with E-state index in [1.165, 1.54) is 24.1 Å². The minimum Gasteiger partial charge on any atom is -0.486 e. The predicted octanol–water partition coefficient (Wildman–Crippen LogP) is 1.64. The second-order valence-electron chi connectivity index (χ2n) is 7.11. The van der Waals surface area contributed by atoms with E-state index < -0.39 is 24.0 Å². The molecule has 0 fully saturated rings. The predicted molar refractivity (Wildman–Crippen MR) is 98.3 cm³/mol. The fourth-order valence-corrected chi connectivity index (χ4v) is 2.58. The molecule has 0 saturated carbocycles. The molecule has 9 heteroatoms. The molecule has 0 saturated heterocycles. The number of carbonyl (C=O) groups excluding carboxylic acids is 3. The molecular formula is C18H23ClN2O6. The minimum absolute atomic E-state index is 0.135. The van der Waals surface area contributed by atoms with Crippen LogP contribution in [0.2, 0.25) is 5.02 Å². The van der Waals surface area contributed by atoms with Gasteiger partial charge in [0.2, 0.25) is 5.91 Å². The summed E-state index contributed by atoms with van der Waals surface area (Å²) in [6.45, 7) is 5.61. The fourth-order valence-electron chi connectivity index (χ4n) is 2.31. The van der Waals surface area contributed by atoms with Crippen LogP contribution in [0.5, 0.6) is 11.5 Å². The number of likely N-dealkylation sites (N-methyl/N-ethyl adjacent to an activating group) is 1. The number of ether oxygens (including phenoxy) is 3. The first kappa shape index (κ1) is 20.8. The van der Waals surface area contributed by atoms with Crippen LogP contribution >= 0.6 is 11.6 Å². The average Bonchev–Trinajstić information content (AvgIpc) is 2.57. The highest BCUT2D eigenvalue weighted by atomic mass is 35.5. The lowest BCUT2D eigenvalue weighted by Gasteiger charge is -2.23. The average molecular weight is 399 g/mol. The third-order valence-electron chi connectivity index (χ3n) is 3.48. The Morgan fingerprint density at radius 3 is 2.56 bits per heavy atom. The molecule has 1 heterocycles. The zero-order valence-electron chi connectivity index (χ0n) is 15.8. The molecule has 2 rings (SSSR count). The molecule has 0 bridgehead atoms. The molecule has 1 aliphatic heterocycles. The fraction of sp³-hybridized carbons (Fsp3) is 0.500. The summed E-state index contributed by atoms with van der Waals surface area (Å²) in [5.74, 6) is -0.808. The van der Waals surface area contributed by atoms with Crippen LogP contribution in [-0.4, -0.2) is 61.6 Å². The summed E-state index contributed by atoms with van der Waals surface area (Å²) in [4.78, 5) is 37.3. The van der Waals surface area contributed by atoms with Crippen molar-refractivity contribution in [1.29, 1.82) is 0 Å². The minimum atomic E-state index is -0.727. The third-order valence-corrected chi connectivity index (χ3v) is 3.76. The number of hydrogen-bond acceptors (Lipinski definition) is 6. The van der Waals surface area contributed by atoms with Crippen LogP contribution < -0.4 is 14.8 Å². The van der Waals surface area contributed by atoms with Crippen LogP contribution in [-0.2, 0) is 14.3 Å². The zero-order valence-corrected chi connectivity index (χ0v) is 16.5.